The highest BCUT2D eigenvalue weighted by molar-refractivity contribution is 5.87. The maximum absolute atomic E-state index is 13.6. The summed E-state index contributed by atoms with van der Waals surface area (Å²) in [6.07, 6.45) is 3.74. The van der Waals surface area contributed by atoms with Crippen LogP contribution in [0, 0.1) is 0 Å². The second kappa shape index (κ2) is 18.7. The van der Waals surface area contributed by atoms with Gasteiger partial charge in [0.1, 0.15) is 18.4 Å². The van der Waals surface area contributed by atoms with E-state index in [1.165, 1.54) is 11.8 Å². The summed E-state index contributed by atoms with van der Waals surface area (Å²) in [6, 6.07) is 23.0. The van der Waals surface area contributed by atoms with Crippen molar-refractivity contribution in [1.82, 2.24) is 20.4 Å². The molecule has 5 atom stereocenters. The van der Waals surface area contributed by atoms with E-state index in [1.54, 1.807) is 31.2 Å². The van der Waals surface area contributed by atoms with Crippen molar-refractivity contribution >= 4 is 17.9 Å². The Hall–Kier alpha value is -4.93. The van der Waals surface area contributed by atoms with Crippen LogP contribution in [0.1, 0.15) is 60.5 Å². The standard InChI is InChI=1S/C40H50N4O6/c1-6-8-22-44(40(48)50-27-30-18-13-10-14-19-30)37-25-34(33-24-31(49-5)20-21-32(33)37)41-26-38(46)35(23-29-16-11-9-12-17-29)42-39(47)36(15-7-2)43(4)28(3)45/h6-7,9-14,16-21,24,34-38,41,46H,1-2,8,15,22-23,25-27H2,3-5H3,(H,42,47)/t34-,35-,36?,37?,38+/m0/s1. The Kier molecular flexibility index (Phi) is 14.2. The van der Waals surface area contributed by atoms with Gasteiger partial charge >= 0.3 is 6.09 Å². The number of aliphatic hydroxyl groups excluding tert-OH is 1. The Labute approximate surface area is 295 Å². The molecule has 4 rings (SSSR count). The number of aliphatic hydroxyl groups is 1. The molecule has 50 heavy (non-hydrogen) atoms. The molecular weight excluding hydrogens is 632 g/mol. The first-order chi connectivity index (χ1) is 24.2. The quantitative estimate of drug-likeness (QED) is 0.152. The Morgan fingerprint density at radius 1 is 0.980 bits per heavy atom. The second-order valence-electron chi connectivity index (χ2n) is 12.6. The minimum Gasteiger partial charge on any atom is -0.497 e. The molecule has 1 aliphatic rings. The number of carbonyl (C=O) groups is 3. The van der Waals surface area contributed by atoms with E-state index in [1.807, 2.05) is 78.9 Å². The van der Waals surface area contributed by atoms with Gasteiger partial charge in [0.15, 0.2) is 0 Å². The lowest BCUT2D eigenvalue weighted by molar-refractivity contribution is -0.138. The second-order valence-corrected chi connectivity index (χ2v) is 12.6. The maximum atomic E-state index is 13.6. The van der Waals surface area contributed by atoms with Crippen molar-refractivity contribution in [2.24, 2.45) is 0 Å². The molecule has 3 aromatic carbocycles. The van der Waals surface area contributed by atoms with Gasteiger partial charge in [-0.05, 0) is 60.1 Å². The number of nitrogens with one attached hydrogen (secondary N) is 2. The fraction of sp³-hybridized carbons (Fsp3) is 0.375. The normalized spacial score (nSPS) is 16.6. The minimum absolute atomic E-state index is 0.144. The van der Waals surface area contributed by atoms with Crippen molar-refractivity contribution in [3.05, 3.63) is 126 Å². The Bertz CT molecular complexity index is 1580. The predicted octanol–water partition coefficient (Wildman–Crippen LogP) is 5.50. The lowest BCUT2D eigenvalue weighted by Gasteiger charge is -2.31. The van der Waals surface area contributed by atoms with Gasteiger partial charge in [0.25, 0.3) is 0 Å². The summed E-state index contributed by atoms with van der Waals surface area (Å²) in [5.41, 5.74) is 3.77. The molecular formula is C40H50N4O6. The van der Waals surface area contributed by atoms with Crippen molar-refractivity contribution in [3.8, 4) is 5.75 Å². The van der Waals surface area contributed by atoms with Crippen LogP contribution in [0.4, 0.5) is 4.79 Å². The number of fused-ring (bicyclic) bond motifs is 1. The molecule has 3 amide bonds. The van der Waals surface area contributed by atoms with E-state index in [0.29, 0.717) is 31.6 Å². The van der Waals surface area contributed by atoms with E-state index in [4.69, 9.17) is 9.47 Å². The summed E-state index contributed by atoms with van der Waals surface area (Å²) < 4.78 is 11.3. The predicted molar refractivity (Wildman–Crippen MR) is 194 cm³/mol. The molecule has 0 heterocycles. The molecule has 0 saturated heterocycles. The smallest absolute Gasteiger partial charge is 0.410 e. The number of benzene rings is 3. The van der Waals surface area contributed by atoms with Gasteiger partial charge in [-0.3, -0.25) is 9.59 Å². The molecule has 0 fully saturated rings. The van der Waals surface area contributed by atoms with E-state index in [-0.39, 0.29) is 43.5 Å². The van der Waals surface area contributed by atoms with E-state index in [2.05, 4.69) is 23.8 Å². The Morgan fingerprint density at radius 2 is 1.66 bits per heavy atom. The van der Waals surface area contributed by atoms with Crippen LogP contribution in [0.2, 0.25) is 0 Å². The Balaban J connectivity index is 1.54. The fourth-order valence-corrected chi connectivity index (χ4v) is 6.31. The third-order valence-corrected chi connectivity index (χ3v) is 9.20. The molecule has 10 heteroatoms. The average Bonchev–Trinajstić information content (AvgIpc) is 3.49. The van der Waals surface area contributed by atoms with Gasteiger partial charge in [0, 0.05) is 33.1 Å². The number of carbonyl (C=O) groups excluding carboxylic acids is 3. The number of hydrogen-bond acceptors (Lipinski definition) is 7. The molecule has 1 aliphatic carbocycles. The number of likely N-dealkylation sites (N-methyl/N-ethyl adjacent to an activating group) is 1. The van der Waals surface area contributed by atoms with Crippen LogP contribution in [-0.4, -0.2) is 78.2 Å². The molecule has 2 unspecified atom stereocenters. The zero-order valence-corrected chi connectivity index (χ0v) is 29.3. The van der Waals surface area contributed by atoms with Gasteiger partial charge in [-0.1, -0.05) is 78.9 Å². The topological polar surface area (TPSA) is 120 Å². The summed E-state index contributed by atoms with van der Waals surface area (Å²) in [6.45, 7) is 9.75. The first-order valence-electron chi connectivity index (χ1n) is 17.0. The maximum Gasteiger partial charge on any atom is 0.410 e. The Morgan fingerprint density at radius 3 is 2.28 bits per heavy atom. The number of methoxy groups -OCH3 is 1. The number of amides is 3. The van der Waals surface area contributed by atoms with Gasteiger partial charge in [0.2, 0.25) is 11.8 Å². The summed E-state index contributed by atoms with van der Waals surface area (Å²) in [5, 5.41) is 18.2. The highest BCUT2D eigenvalue weighted by Gasteiger charge is 2.38. The zero-order valence-electron chi connectivity index (χ0n) is 29.3. The van der Waals surface area contributed by atoms with Crippen LogP contribution in [-0.2, 0) is 27.4 Å². The fourth-order valence-electron chi connectivity index (χ4n) is 6.31. The van der Waals surface area contributed by atoms with Crippen molar-refractivity contribution < 1.29 is 29.0 Å². The third-order valence-electron chi connectivity index (χ3n) is 9.20. The van der Waals surface area contributed by atoms with Crippen molar-refractivity contribution in [2.75, 3.05) is 27.2 Å². The lowest BCUT2D eigenvalue weighted by Crippen LogP contribution is -2.54. The van der Waals surface area contributed by atoms with Crippen molar-refractivity contribution in [3.63, 3.8) is 0 Å². The van der Waals surface area contributed by atoms with Crippen LogP contribution in [0.15, 0.2) is 104 Å². The number of rotatable bonds is 18. The van der Waals surface area contributed by atoms with Crippen LogP contribution in [0.25, 0.3) is 0 Å². The van der Waals surface area contributed by atoms with E-state index >= 15 is 0 Å². The SMILES string of the molecule is C=CCCN(C(=O)OCc1ccccc1)C1C[C@H](NC[C@@H](O)[C@H](Cc2ccccc2)NC(=O)C(CC=C)N(C)C(C)=O)c2cc(OC)ccc21. The molecule has 0 aliphatic heterocycles. The van der Waals surface area contributed by atoms with Crippen LogP contribution in [0.3, 0.4) is 0 Å². The van der Waals surface area contributed by atoms with Crippen molar-refractivity contribution in [1.29, 1.82) is 0 Å². The zero-order chi connectivity index (χ0) is 36.0. The first-order valence-corrected chi connectivity index (χ1v) is 17.0. The largest absolute Gasteiger partial charge is 0.497 e. The monoisotopic (exact) mass is 682 g/mol. The highest BCUT2D eigenvalue weighted by Crippen LogP contribution is 2.44. The van der Waals surface area contributed by atoms with E-state index < -0.39 is 24.3 Å². The molecule has 0 radical (unpaired) electrons. The molecule has 0 aromatic heterocycles. The van der Waals surface area contributed by atoms with Crippen molar-refractivity contribution in [2.45, 2.75) is 69.5 Å². The average molecular weight is 683 g/mol. The first kappa shape index (κ1) is 37.9. The molecule has 10 nitrogen and oxygen atoms in total. The van der Waals surface area contributed by atoms with Gasteiger partial charge in [0.05, 0.1) is 25.3 Å². The van der Waals surface area contributed by atoms with Gasteiger partial charge in [-0.25, -0.2) is 4.79 Å². The number of hydrogen-bond donors (Lipinski definition) is 3. The van der Waals surface area contributed by atoms with Crippen LogP contribution >= 0.6 is 0 Å². The molecule has 0 bridgehead atoms. The van der Waals surface area contributed by atoms with Crippen LogP contribution in [0.5, 0.6) is 5.75 Å². The van der Waals surface area contributed by atoms with Crippen LogP contribution < -0.4 is 15.4 Å². The molecule has 0 saturated carbocycles. The summed E-state index contributed by atoms with van der Waals surface area (Å²) in [7, 11) is 3.19. The number of nitrogens with zero attached hydrogens (tertiary/aromatic N) is 2. The van der Waals surface area contributed by atoms with Gasteiger partial charge < -0.3 is 35.0 Å². The summed E-state index contributed by atoms with van der Waals surface area (Å²) in [4.78, 5) is 42.4. The molecule has 0 spiro atoms. The van der Waals surface area contributed by atoms with Gasteiger partial charge in [-0.2, -0.15) is 0 Å². The summed E-state index contributed by atoms with van der Waals surface area (Å²) >= 11 is 0. The molecule has 266 valence electrons. The molecule has 3 aromatic rings. The lowest BCUT2D eigenvalue weighted by atomic mass is 9.99. The van der Waals surface area contributed by atoms with E-state index in [9.17, 15) is 19.5 Å². The third kappa shape index (κ3) is 10.1. The summed E-state index contributed by atoms with van der Waals surface area (Å²) in [5.74, 6) is 0.0633. The minimum atomic E-state index is -0.994. The molecule has 3 N–H and O–H groups in total. The van der Waals surface area contributed by atoms with E-state index in [0.717, 1.165) is 22.3 Å². The van der Waals surface area contributed by atoms with Gasteiger partial charge in [-0.15, -0.1) is 13.2 Å². The number of ether oxygens (including phenoxy) is 2. The highest BCUT2D eigenvalue weighted by atomic mass is 16.6.